The van der Waals surface area contributed by atoms with Crippen molar-refractivity contribution in [2.75, 3.05) is 7.11 Å². The van der Waals surface area contributed by atoms with Crippen LogP contribution in [0.1, 0.15) is 29.2 Å². The zero-order valence-corrected chi connectivity index (χ0v) is 14.5. The van der Waals surface area contributed by atoms with Crippen LogP contribution in [0.3, 0.4) is 0 Å². The SMILES string of the molecule is COC(=O)CC(NC(=O)Cc1ccccc1C)c1ccc(Cl)cc1. The van der Waals surface area contributed by atoms with Gasteiger partial charge in [-0.05, 0) is 35.7 Å². The van der Waals surface area contributed by atoms with Gasteiger partial charge in [0.15, 0.2) is 0 Å². The highest BCUT2D eigenvalue weighted by atomic mass is 35.5. The summed E-state index contributed by atoms with van der Waals surface area (Å²) in [6, 6.07) is 14.3. The Balaban J connectivity index is 2.12. The maximum atomic E-state index is 12.4. The van der Waals surface area contributed by atoms with Gasteiger partial charge in [-0.1, -0.05) is 48.0 Å². The first kappa shape index (κ1) is 18.0. The van der Waals surface area contributed by atoms with Gasteiger partial charge in [-0.2, -0.15) is 0 Å². The van der Waals surface area contributed by atoms with Crippen molar-refractivity contribution in [3.63, 3.8) is 0 Å². The van der Waals surface area contributed by atoms with E-state index >= 15 is 0 Å². The quantitative estimate of drug-likeness (QED) is 0.814. The van der Waals surface area contributed by atoms with Crippen molar-refractivity contribution in [1.82, 2.24) is 5.32 Å². The van der Waals surface area contributed by atoms with Crippen LogP contribution in [0, 0.1) is 6.92 Å². The fraction of sp³-hybridized carbons (Fsp3) is 0.263. The summed E-state index contributed by atoms with van der Waals surface area (Å²) < 4.78 is 4.73. The van der Waals surface area contributed by atoms with Gasteiger partial charge in [-0.3, -0.25) is 9.59 Å². The van der Waals surface area contributed by atoms with Crippen molar-refractivity contribution in [3.05, 3.63) is 70.2 Å². The van der Waals surface area contributed by atoms with E-state index in [-0.39, 0.29) is 24.7 Å². The van der Waals surface area contributed by atoms with Crippen LogP contribution in [0.5, 0.6) is 0 Å². The third-order valence-corrected chi connectivity index (χ3v) is 4.07. The highest BCUT2D eigenvalue weighted by Crippen LogP contribution is 2.20. The number of halogens is 1. The van der Waals surface area contributed by atoms with Crippen LogP contribution in [-0.2, 0) is 20.7 Å². The number of rotatable bonds is 6. The summed E-state index contributed by atoms with van der Waals surface area (Å²) in [5, 5.41) is 3.51. The normalized spacial score (nSPS) is 11.6. The van der Waals surface area contributed by atoms with Crippen LogP contribution >= 0.6 is 11.6 Å². The van der Waals surface area contributed by atoms with Crippen molar-refractivity contribution in [2.24, 2.45) is 0 Å². The lowest BCUT2D eigenvalue weighted by atomic mass is 10.0. The molecule has 126 valence electrons. The van der Waals surface area contributed by atoms with Crippen LogP contribution in [0.4, 0.5) is 0 Å². The number of aryl methyl sites for hydroxylation is 1. The first-order valence-corrected chi connectivity index (χ1v) is 8.03. The monoisotopic (exact) mass is 345 g/mol. The molecule has 2 rings (SSSR count). The highest BCUT2D eigenvalue weighted by Gasteiger charge is 2.19. The number of benzene rings is 2. The zero-order chi connectivity index (χ0) is 17.5. The fourth-order valence-corrected chi connectivity index (χ4v) is 2.55. The number of methoxy groups -OCH3 is 1. The predicted molar refractivity (Wildman–Crippen MR) is 93.9 cm³/mol. The predicted octanol–water partition coefficient (Wildman–Crippen LogP) is 3.61. The third-order valence-electron chi connectivity index (χ3n) is 3.82. The van der Waals surface area contributed by atoms with Crippen LogP contribution < -0.4 is 5.32 Å². The minimum Gasteiger partial charge on any atom is -0.469 e. The molecule has 24 heavy (non-hydrogen) atoms. The number of nitrogens with one attached hydrogen (secondary N) is 1. The molecule has 2 aromatic rings. The molecule has 0 saturated heterocycles. The number of hydrogen-bond donors (Lipinski definition) is 1. The van der Waals surface area contributed by atoms with Gasteiger partial charge in [0.1, 0.15) is 0 Å². The van der Waals surface area contributed by atoms with Gasteiger partial charge in [0.05, 0.1) is 26.0 Å². The summed E-state index contributed by atoms with van der Waals surface area (Å²) in [4.78, 5) is 24.1. The topological polar surface area (TPSA) is 55.4 Å². The minimum atomic E-state index is -0.453. The molecule has 1 amide bonds. The van der Waals surface area contributed by atoms with Gasteiger partial charge in [0.25, 0.3) is 0 Å². The standard InChI is InChI=1S/C19H20ClNO3/c1-13-5-3-4-6-15(13)11-18(22)21-17(12-19(23)24-2)14-7-9-16(20)10-8-14/h3-10,17H,11-12H2,1-2H3,(H,21,22). The number of carbonyl (C=O) groups excluding carboxylic acids is 2. The molecule has 0 aliphatic carbocycles. The molecular weight excluding hydrogens is 326 g/mol. The maximum absolute atomic E-state index is 12.4. The molecule has 1 atom stereocenters. The summed E-state index contributed by atoms with van der Waals surface area (Å²) in [5.74, 6) is -0.528. The smallest absolute Gasteiger partial charge is 0.307 e. The molecule has 1 unspecified atom stereocenters. The summed E-state index contributed by atoms with van der Waals surface area (Å²) >= 11 is 5.90. The first-order chi connectivity index (χ1) is 11.5. The van der Waals surface area contributed by atoms with E-state index in [0.717, 1.165) is 16.7 Å². The molecular formula is C19H20ClNO3. The summed E-state index contributed by atoms with van der Waals surface area (Å²) in [6.45, 7) is 1.97. The van der Waals surface area contributed by atoms with Crippen molar-refractivity contribution < 1.29 is 14.3 Å². The van der Waals surface area contributed by atoms with E-state index in [4.69, 9.17) is 16.3 Å². The molecule has 5 heteroatoms. The number of carbonyl (C=O) groups is 2. The molecule has 0 fully saturated rings. The molecule has 0 aromatic heterocycles. The second-order valence-electron chi connectivity index (χ2n) is 5.56. The average Bonchev–Trinajstić information content (AvgIpc) is 2.57. The number of esters is 1. The lowest BCUT2D eigenvalue weighted by molar-refractivity contribution is -0.141. The van der Waals surface area contributed by atoms with Gasteiger partial charge in [0, 0.05) is 5.02 Å². The first-order valence-electron chi connectivity index (χ1n) is 7.65. The summed E-state index contributed by atoms with van der Waals surface area (Å²) in [5.41, 5.74) is 2.83. The van der Waals surface area contributed by atoms with Crippen molar-refractivity contribution in [3.8, 4) is 0 Å². The third kappa shape index (κ3) is 5.10. The summed E-state index contributed by atoms with van der Waals surface area (Å²) in [7, 11) is 1.33. The van der Waals surface area contributed by atoms with Crippen molar-refractivity contribution >= 4 is 23.5 Å². The number of hydrogen-bond acceptors (Lipinski definition) is 3. The Morgan fingerprint density at radius 1 is 1.12 bits per heavy atom. The van der Waals surface area contributed by atoms with E-state index < -0.39 is 6.04 Å². The lowest BCUT2D eigenvalue weighted by Crippen LogP contribution is -2.31. The Kier molecular flexibility index (Phi) is 6.38. The second kappa shape index (κ2) is 8.50. The van der Waals surface area contributed by atoms with E-state index in [1.807, 2.05) is 31.2 Å². The summed E-state index contributed by atoms with van der Waals surface area (Å²) in [6.07, 6.45) is 0.329. The Morgan fingerprint density at radius 2 is 1.79 bits per heavy atom. The number of amides is 1. The van der Waals surface area contributed by atoms with Crippen LogP contribution in [0.25, 0.3) is 0 Å². The van der Waals surface area contributed by atoms with Crippen molar-refractivity contribution in [1.29, 1.82) is 0 Å². The molecule has 0 bridgehead atoms. The largest absolute Gasteiger partial charge is 0.469 e. The van der Waals surface area contributed by atoms with E-state index in [2.05, 4.69) is 5.32 Å². The molecule has 0 heterocycles. The fourth-order valence-electron chi connectivity index (χ4n) is 2.42. The molecule has 0 aliphatic heterocycles. The van der Waals surface area contributed by atoms with E-state index in [1.54, 1.807) is 24.3 Å². The molecule has 0 spiro atoms. The maximum Gasteiger partial charge on any atom is 0.307 e. The molecule has 2 aromatic carbocycles. The van der Waals surface area contributed by atoms with E-state index in [0.29, 0.717) is 5.02 Å². The van der Waals surface area contributed by atoms with Crippen molar-refractivity contribution in [2.45, 2.75) is 25.8 Å². The van der Waals surface area contributed by atoms with Gasteiger partial charge in [0.2, 0.25) is 5.91 Å². The molecule has 1 N–H and O–H groups in total. The molecule has 0 aliphatic rings. The number of ether oxygens (including phenoxy) is 1. The van der Waals surface area contributed by atoms with Gasteiger partial charge >= 0.3 is 5.97 Å². The zero-order valence-electron chi connectivity index (χ0n) is 13.7. The Bertz CT molecular complexity index is 713. The molecule has 0 radical (unpaired) electrons. The second-order valence-corrected chi connectivity index (χ2v) is 5.99. The van der Waals surface area contributed by atoms with Gasteiger partial charge < -0.3 is 10.1 Å². The van der Waals surface area contributed by atoms with Gasteiger partial charge in [-0.15, -0.1) is 0 Å². The van der Waals surface area contributed by atoms with Crippen LogP contribution in [0.15, 0.2) is 48.5 Å². The minimum absolute atomic E-state index is 0.0671. The lowest BCUT2D eigenvalue weighted by Gasteiger charge is -2.19. The average molecular weight is 346 g/mol. The van der Waals surface area contributed by atoms with Crippen LogP contribution in [-0.4, -0.2) is 19.0 Å². The molecule has 4 nitrogen and oxygen atoms in total. The van der Waals surface area contributed by atoms with E-state index in [1.165, 1.54) is 7.11 Å². The molecule has 0 saturated carbocycles. The Morgan fingerprint density at radius 3 is 2.42 bits per heavy atom. The van der Waals surface area contributed by atoms with E-state index in [9.17, 15) is 9.59 Å². The van der Waals surface area contributed by atoms with Crippen LogP contribution in [0.2, 0.25) is 5.02 Å². The highest BCUT2D eigenvalue weighted by molar-refractivity contribution is 6.30. The van der Waals surface area contributed by atoms with Gasteiger partial charge in [-0.25, -0.2) is 0 Å². The Hall–Kier alpha value is -2.33. The Labute approximate surface area is 146 Å².